The highest BCUT2D eigenvalue weighted by atomic mass is 15.3. The van der Waals surface area contributed by atoms with Crippen molar-refractivity contribution < 1.29 is 0 Å². The van der Waals surface area contributed by atoms with Crippen LogP contribution in [0, 0.1) is 22.7 Å². The first-order valence-electron chi connectivity index (χ1n) is 4.61. The van der Waals surface area contributed by atoms with E-state index >= 15 is 0 Å². The minimum Gasteiger partial charge on any atom is -0.383 e. The predicted molar refractivity (Wildman–Crippen MR) is 55.7 cm³/mol. The summed E-state index contributed by atoms with van der Waals surface area (Å²) in [6, 6.07) is 3.99. The minimum atomic E-state index is 0.309. The van der Waals surface area contributed by atoms with Gasteiger partial charge in [-0.3, -0.25) is 0 Å². The molecule has 0 amide bonds. The molecule has 0 saturated heterocycles. The first-order valence-corrected chi connectivity index (χ1v) is 4.61. The van der Waals surface area contributed by atoms with Crippen molar-refractivity contribution in [3.63, 3.8) is 0 Å². The Kier molecular flexibility index (Phi) is 3.53. The van der Waals surface area contributed by atoms with Crippen molar-refractivity contribution in [2.75, 3.05) is 17.6 Å². The van der Waals surface area contributed by atoms with E-state index in [4.69, 9.17) is 16.3 Å². The van der Waals surface area contributed by atoms with Crippen LogP contribution in [0.5, 0.6) is 0 Å². The van der Waals surface area contributed by atoms with Gasteiger partial charge >= 0.3 is 0 Å². The molecule has 78 valence electrons. The zero-order chi connectivity index (χ0) is 11.3. The van der Waals surface area contributed by atoms with Crippen molar-refractivity contribution in [1.82, 2.24) is 9.78 Å². The number of nitrogen functional groups attached to an aromatic ring is 1. The van der Waals surface area contributed by atoms with Crippen molar-refractivity contribution in [2.45, 2.75) is 19.9 Å². The number of hydrogen-bond donors (Lipinski definition) is 2. The fourth-order valence-electron chi connectivity index (χ4n) is 1.20. The molecular formula is C9H12N6. The van der Waals surface area contributed by atoms with E-state index < -0.39 is 0 Å². The van der Waals surface area contributed by atoms with Gasteiger partial charge in [0.15, 0.2) is 5.82 Å². The van der Waals surface area contributed by atoms with E-state index in [1.54, 1.807) is 0 Å². The maximum absolute atomic E-state index is 8.88. The Bertz CT molecular complexity index is 419. The smallest absolute Gasteiger partial charge is 0.168 e. The molecule has 1 aromatic heterocycles. The molecule has 0 aromatic carbocycles. The summed E-state index contributed by atoms with van der Waals surface area (Å²) in [5.41, 5.74) is 6.06. The molecule has 0 fully saturated rings. The Morgan fingerprint density at radius 2 is 2.27 bits per heavy atom. The van der Waals surface area contributed by atoms with Gasteiger partial charge < -0.3 is 11.1 Å². The number of hydrogen-bond acceptors (Lipinski definition) is 5. The number of anilines is 2. The Morgan fingerprint density at radius 3 is 2.80 bits per heavy atom. The van der Waals surface area contributed by atoms with Gasteiger partial charge in [-0.05, 0) is 6.92 Å². The number of rotatable bonds is 4. The topological polar surface area (TPSA) is 103 Å². The van der Waals surface area contributed by atoms with Crippen molar-refractivity contribution in [3.05, 3.63) is 5.56 Å². The molecule has 0 bridgehead atoms. The van der Waals surface area contributed by atoms with Crippen LogP contribution in [-0.4, -0.2) is 16.3 Å². The number of nitrogens with one attached hydrogen (secondary N) is 1. The van der Waals surface area contributed by atoms with Gasteiger partial charge in [0.25, 0.3) is 0 Å². The van der Waals surface area contributed by atoms with Gasteiger partial charge in [0.05, 0.1) is 19.0 Å². The Hall–Kier alpha value is -2.21. The Balaban J connectivity index is 3.00. The van der Waals surface area contributed by atoms with E-state index in [9.17, 15) is 0 Å². The van der Waals surface area contributed by atoms with Gasteiger partial charge in [0.1, 0.15) is 17.5 Å². The molecule has 0 aliphatic heterocycles. The van der Waals surface area contributed by atoms with E-state index in [-0.39, 0.29) is 0 Å². The maximum Gasteiger partial charge on any atom is 0.168 e. The summed E-state index contributed by atoms with van der Waals surface area (Å²) in [5.74, 6) is 0.791. The fraction of sp³-hybridized carbons (Fsp3) is 0.444. The van der Waals surface area contributed by atoms with Gasteiger partial charge in [0.2, 0.25) is 0 Å². The second-order valence-corrected chi connectivity index (χ2v) is 2.88. The molecule has 3 N–H and O–H groups in total. The van der Waals surface area contributed by atoms with Gasteiger partial charge in [-0.15, -0.1) is 0 Å². The van der Waals surface area contributed by atoms with Crippen molar-refractivity contribution >= 4 is 11.6 Å². The molecule has 0 aliphatic rings. The molecule has 1 aromatic rings. The van der Waals surface area contributed by atoms with Crippen LogP contribution >= 0.6 is 0 Å². The van der Waals surface area contributed by atoms with Gasteiger partial charge in [-0.1, -0.05) is 0 Å². The van der Waals surface area contributed by atoms with Crippen LogP contribution < -0.4 is 11.1 Å². The number of aryl methyl sites for hydroxylation is 1. The number of nitrogens with two attached hydrogens (primary N) is 1. The molecule has 6 heteroatoms. The minimum absolute atomic E-state index is 0.309. The van der Waals surface area contributed by atoms with Gasteiger partial charge in [-0.2, -0.15) is 15.6 Å². The molecule has 0 atom stereocenters. The van der Waals surface area contributed by atoms with Gasteiger partial charge in [0, 0.05) is 6.54 Å². The van der Waals surface area contributed by atoms with Crippen LogP contribution in [0.15, 0.2) is 0 Å². The molecule has 0 radical (unpaired) electrons. The second kappa shape index (κ2) is 4.87. The SMILES string of the molecule is CCNc1nn(CCC#N)c(N)c1C#N. The molecule has 6 nitrogen and oxygen atoms in total. The lowest BCUT2D eigenvalue weighted by molar-refractivity contribution is 0.638. The first-order chi connectivity index (χ1) is 7.24. The van der Waals surface area contributed by atoms with Crippen LogP contribution in [0.4, 0.5) is 11.6 Å². The third-order valence-corrected chi connectivity index (χ3v) is 1.88. The lowest BCUT2D eigenvalue weighted by Crippen LogP contribution is -2.05. The molecule has 0 aliphatic carbocycles. The van der Waals surface area contributed by atoms with Crippen molar-refractivity contribution in [1.29, 1.82) is 10.5 Å². The highest BCUT2D eigenvalue weighted by Gasteiger charge is 2.13. The van der Waals surface area contributed by atoms with Crippen molar-refractivity contribution in [2.24, 2.45) is 0 Å². The summed E-state index contributed by atoms with van der Waals surface area (Å²) in [5, 5.41) is 24.4. The Morgan fingerprint density at radius 1 is 1.53 bits per heavy atom. The molecule has 0 spiro atoms. The quantitative estimate of drug-likeness (QED) is 0.750. The Labute approximate surface area is 87.9 Å². The van der Waals surface area contributed by atoms with Crippen LogP contribution in [0.2, 0.25) is 0 Å². The summed E-state index contributed by atoms with van der Waals surface area (Å²) in [6.45, 7) is 2.98. The molecule has 1 heterocycles. The summed E-state index contributed by atoms with van der Waals surface area (Å²) in [7, 11) is 0. The summed E-state index contributed by atoms with van der Waals surface area (Å²) in [6.07, 6.45) is 0.322. The van der Waals surface area contributed by atoms with Crippen LogP contribution in [-0.2, 0) is 6.54 Å². The number of nitrogens with zero attached hydrogens (tertiary/aromatic N) is 4. The zero-order valence-corrected chi connectivity index (χ0v) is 8.49. The van der Waals surface area contributed by atoms with Crippen LogP contribution in [0.1, 0.15) is 18.9 Å². The largest absolute Gasteiger partial charge is 0.383 e. The standard InChI is InChI=1S/C9H12N6/c1-2-13-9-7(6-11)8(12)15(14-9)5-3-4-10/h2-3,5,12H2,1H3,(H,13,14). The summed E-state index contributed by atoms with van der Waals surface area (Å²) in [4.78, 5) is 0. The number of nitriles is 2. The number of aromatic nitrogens is 2. The summed E-state index contributed by atoms with van der Waals surface area (Å²) >= 11 is 0. The summed E-state index contributed by atoms with van der Waals surface area (Å²) < 4.78 is 1.47. The van der Waals surface area contributed by atoms with E-state index in [0.717, 1.165) is 0 Å². The third-order valence-electron chi connectivity index (χ3n) is 1.88. The van der Waals surface area contributed by atoms with E-state index in [1.807, 2.05) is 19.1 Å². The zero-order valence-electron chi connectivity index (χ0n) is 8.49. The van der Waals surface area contributed by atoms with E-state index in [1.165, 1.54) is 4.68 Å². The van der Waals surface area contributed by atoms with Crippen LogP contribution in [0.25, 0.3) is 0 Å². The predicted octanol–water partition coefficient (Wildman–Crippen LogP) is 0.682. The molecular weight excluding hydrogens is 192 g/mol. The molecule has 15 heavy (non-hydrogen) atoms. The van der Waals surface area contributed by atoms with E-state index in [2.05, 4.69) is 10.4 Å². The first kappa shape index (κ1) is 10.9. The highest BCUT2D eigenvalue weighted by Crippen LogP contribution is 2.20. The van der Waals surface area contributed by atoms with Gasteiger partial charge in [-0.25, -0.2) is 4.68 Å². The normalized spacial score (nSPS) is 9.27. The maximum atomic E-state index is 8.88. The van der Waals surface area contributed by atoms with Crippen molar-refractivity contribution in [3.8, 4) is 12.1 Å². The second-order valence-electron chi connectivity index (χ2n) is 2.88. The van der Waals surface area contributed by atoms with E-state index in [0.29, 0.717) is 36.7 Å². The lowest BCUT2D eigenvalue weighted by Gasteiger charge is -1.98. The lowest BCUT2D eigenvalue weighted by atomic mass is 10.3. The average Bonchev–Trinajstić information content (AvgIpc) is 2.52. The fourth-order valence-corrected chi connectivity index (χ4v) is 1.20. The third kappa shape index (κ3) is 2.18. The molecule has 0 unspecified atom stereocenters. The monoisotopic (exact) mass is 204 g/mol. The molecule has 1 rings (SSSR count). The average molecular weight is 204 g/mol. The highest BCUT2D eigenvalue weighted by molar-refractivity contribution is 5.63. The molecule has 0 saturated carbocycles. The van der Waals surface area contributed by atoms with Crippen LogP contribution in [0.3, 0.4) is 0 Å².